The summed E-state index contributed by atoms with van der Waals surface area (Å²) >= 11 is 3.68. The van der Waals surface area contributed by atoms with Crippen LogP contribution in [0.1, 0.15) is 22.3 Å². The fourth-order valence-corrected chi connectivity index (χ4v) is 4.66. The Morgan fingerprint density at radius 2 is 2.00 bits per heavy atom. The van der Waals surface area contributed by atoms with Crippen LogP contribution in [0, 0.1) is 10.5 Å². The highest BCUT2D eigenvalue weighted by atomic mass is 127. The molecular formula is C22H19IN4OS. The molecule has 7 heteroatoms. The van der Waals surface area contributed by atoms with E-state index < -0.39 is 0 Å². The Morgan fingerprint density at radius 1 is 1.17 bits per heavy atom. The van der Waals surface area contributed by atoms with Crippen LogP contribution in [0.4, 0.5) is 10.8 Å². The van der Waals surface area contributed by atoms with Crippen molar-refractivity contribution in [2.45, 2.75) is 13.8 Å². The van der Waals surface area contributed by atoms with Gasteiger partial charge in [-0.2, -0.15) is 0 Å². The monoisotopic (exact) mass is 514 g/mol. The third-order valence-electron chi connectivity index (χ3n) is 4.48. The quantitative estimate of drug-likeness (QED) is 0.323. The minimum Gasteiger partial charge on any atom is -0.362 e. The number of fused-ring (bicyclic) bond motifs is 1. The average molecular weight is 514 g/mol. The molecular weight excluding hydrogens is 495 g/mol. The lowest BCUT2D eigenvalue weighted by molar-refractivity contribution is 0.103. The van der Waals surface area contributed by atoms with Gasteiger partial charge in [-0.15, -0.1) is 0 Å². The second kappa shape index (κ2) is 8.46. The number of nitrogens with one attached hydrogen (secondary N) is 2. The molecule has 0 aliphatic heterocycles. The van der Waals surface area contributed by atoms with Crippen molar-refractivity contribution < 1.29 is 4.79 Å². The van der Waals surface area contributed by atoms with E-state index in [4.69, 9.17) is 0 Å². The molecule has 2 heterocycles. The van der Waals surface area contributed by atoms with E-state index >= 15 is 0 Å². The first kappa shape index (κ1) is 19.8. The number of hydrogen-bond donors (Lipinski definition) is 2. The first-order valence-electron chi connectivity index (χ1n) is 9.23. The maximum absolute atomic E-state index is 12.8. The summed E-state index contributed by atoms with van der Waals surface area (Å²) in [6.07, 6.45) is 1.82. The first-order chi connectivity index (χ1) is 14.1. The van der Waals surface area contributed by atoms with Gasteiger partial charge in [-0.1, -0.05) is 35.6 Å². The lowest BCUT2D eigenvalue weighted by atomic mass is 10.0. The summed E-state index contributed by atoms with van der Waals surface area (Å²) < 4.78 is 1.08. The number of aryl methyl sites for hydroxylation is 1. The van der Waals surface area contributed by atoms with E-state index in [9.17, 15) is 4.79 Å². The molecule has 1 amide bonds. The Morgan fingerprint density at radius 3 is 2.83 bits per heavy atom. The summed E-state index contributed by atoms with van der Waals surface area (Å²) in [4.78, 5) is 22.5. The number of thiazole rings is 1. The molecule has 0 aliphatic carbocycles. The molecule has 0 saturated heterocycles. The Labute approximate surface area is 186 Å². The van der Waals surface area contributed by atoms with Gasteiger partial charge in [-0.3, -0.25) is 9.78 Å². The molecule has 4 rings (SSSR count). The highest BCUT2D eigenvalue weighted by Gasteiger charge is 2.16. The minimum atomic E-state index is -0.151. The van der Waals surface area contributed by atoms with Crippen molar-refractivity contribution in [1.82, 2.24) is 9.97 Å². The molecule has 0 radical (unpaired) electrons. The maximum atomic E-state index is 12.8. The van der Waals surface area contributed by atoms with Gasteiger partial charge in [0.1, 0.15) is 4.88 Å². The summed E-state index contributed by atoms with van der Waals surface area (Å²) in [7, 11) is 0. The van der Waals surface area contributed by atoms with Crippen molar-refractivity contribution >= 4 is 61.4 Å². The van der Waals surface area contributed by atoms with Crippen molar-refractivity contribution in [2.24, 2.45) is 0 Å². The Kier molecular flexibility index (Phi) is 5.77. The van der Waals surface area contributed by atoms with Crippen LogP contribution >= 0.6 is 33.9 Å². The van der Waals surface area contributed by atoms with E-state index in [1.54, 1.807) is 0 Å². The van der Waals surface area contributed by atoms with Gasteiger partial charge in [0.15, 0.2) is 5.13 Å². The molecule has 4 aromatic rings. The number of carbonyl (C=O) groups excluding carboxylic acids is 1. The number of rotatable bonds is 5. The van der Waals surface area contributed by atoms with E-state index in [-0.39, 0.29) is 5.91 Å². The Balaban J connectivity index is 1.68. The third-order valence-corrected chi connectivity index (χ3v) is 6.54. The summed E-state index contributed by atoms with van der Waals surface area (Å²) in [6, 6.07) is 16.1. The Bertz CT molecular complexity index is 1200. The molecule has 146 valence electrons. The number of benzene rings is 2. The van der Waals surface area contributed by atoms with Crippen LogP contribution in [0.3, 0.4) is 0 Å². The van der Waals surface area contributed by atoms with E-state index in [1.165, 1.54) is 11.3 Å². The second-order valence-electron chi connectivity index (χ2n) is 6.49. The standard InChI is InChI=1S/C22H19IN4OS/c1-3-24-22-26-13(2)20(29-22)21(28)27-15-8-9-18(23)17(12-15)19-16-7-5-4-6-14(16)10-11-25-19/h4-12H,3H2,1-2H3,(H,24,26)(H,27,28). The number of anilines is 2. The van der Waals surface area contributed by atoms with Crippen molar-refractivity contribution in [1.29, 1.82) is 0 Å². The van der Waals surface area contributed by atoms with Gasteiger partial charge in [-0.25, -0.2) is 4.98 Å². The number of hydrogen-bond acceptors (Lipinski definition) is 5. The zero-order valence-electron chi connectivity index (χ0n) is 16.0. The third kappa shape index (κ3) is 4.11. The summed E-state index contributed by atoms with van der Waals surface area (Å²) in [6.45, 7) is 4.63. The number of amides is 1. The van der Waals surface area contributed by atoms with Gasteiger partial charge in [0, 0.05) is 32.9 Å². The van der Waals surface area contributed by atoms with Crippen molar-refractivity contribution in [3.05, 3.63) is 68.9 Å². The lowest BCUT2D eigenvalue weighted by Crippen LogP contribution is -2.11. The molecule has 29 heavy (non-hydrogen) atoms. The summed E-state index contributed by atoms with van der Waals surface area (Å²) in [5.74, 6) is -0.151. The van der Waals surface area contributed by atoms with Crippen LogP contribution in [0.2, 0.25) is 0 Å². The molecule has 2 aromatic carbocycles. The van der Waals surface area contributed by atoms with E-state index in [1.807, 2.05) is 56.4 Å². The number of nitrogens with zero attached hydrogens (tertiary/aromatic N) is 2. The average Bonchev–Trinajstić information content (AvgIpc) is 3.09. The zero-order chi connectivity index (χ0) is 20.4. The van der Waals surface area contributed by atoms with Gasteiger partial charge in [-0.05, 0) is 66.1 Å². The van der Waals surface area contributed by atoms with Crippen molar-refractivity contribution in [3.63, 3.8) is 0 Å². The normalized spacial score (nSPS) is 10.9. The first-order valence-corrected chi connectivity index (χ1v) is 11.1. The van der Waals surface area contributed by atoms with Gasteiger partial charge >= 0.3 is 0 Å². The van der Waals surface area contributed by atoms with E-state index in [2.05, 4.69) is 55.3 Å². The molecule has 0 atom stereocenters. The molecule has 0 bridgehead atoms. The summed E-state index contributed by atoms with van der Waals surface area (Å²) in [5, 5.41) is 9.16. The van der Waals surface area contributed by atoms with E-state index in [0.29, 0.717) is 4.88 Å². The van der Waals surface area contributed by atoms with Gasteiger partial charge in [0.25, 0.3) is 5.91 Å². The van der Waals surface area contributed by atoms with Crippen LogP contribution in [0.5, 0.6) is 0 Å². The molecule has 0 fully saturated rings. The zero-order valence-corrected chi connectivity index (χ0v) is 19.0. The molecule has 0 spiro atoms. The molecule has 0 saturated carbocycles. The fraction of sp³-hybridized carbons (Fsp3) is 0.136. The van der Waals surface area contributed by atoms with Crippen LogP contribution in [0.25, 0.3) is 22.0 Å². The predicted molar refractivity (Wildman–Crippen MR) is 129 cm³/mol. The molecule has 2 N–H and O–H groups in total. The summed E-state index contributed by atoms with van der Waals surface area (Å²) in [5.41, 5.74) is 3.37. The maximum Gasteiger partial charge on any atom is 0.267 e. The second-order valence-corrected chi connectivity index (χ2v) is 8.65. The van der Waals surface area contributed by atoms with Gasteiger partial charge in [0.2, 0.25) is 0 Å². The van der Waals surface area contributed by atoms with Crippen molar-refractivity contribution in [3.8, 4) is 11.3 Å². The largest absolute Gasteiger partial charge is 0.362 e. The highest BCUT2D eigenvalue weighted by molar-refractivity contribution is 14.1. The van der Waals surface area contributed by atoms with Crippen LogP contribution in [-0.4, -0.2) is 22.4 Å². The number of pyridine rings is 1. The predicted octanol–water partition coefficient (Wildman–Crippen LogP) is 5.96. The SMILES string of the molecule is CCNc1nc(C)c(C(=O)Nc2ccc(I)c(-c3nccc4ccccc34)c2)s1. The molecule has 2 aromatic heterocycles. The minimum absolute atomic E-state index is 0.151. The van der Waals surface area contributed by atoms with Crippen molar-refractivity contribution in [2.75, 3.05) is 17.2 Å². The lowest BCUT2D eigenvalue weighted by Gasteiger charge is -2.11. The van der Waals surface area contributed by atoms with E-state index in [0.717, 1.165) is 48.7 Å². The van der Waals surface area contributed by atoms with Gasteiger partial charge < -0.3 is 10.6 Å². The molecule has 0 unspecified atom stereocenters. The smallest absolute Gasteiger partial charge is 0.267 e. The molecule has 0 aliphatic rings. The Hall–Kier alpha value is -2.52. The van der Waals surface area contributed by atoms with Crippen LogP contribution < -0.4 is 10.6 Å². The highest BCUT2D eigenvalue weighted by Crippen LogP contribution is 2.32. The number of halogens is 1. The van der Waals surface area contributed by atoms with Crippen LogP contribution in [0.15, 0.2) is 54.7 Å². The van der Waals surface area contributed by atoms with Crippen LogP contribution in [-0.2, 0) is 0 Å². The number of carbonyl (C=O) groups is 1. The molecule has 5 nitrogen and oxygen atoms in total. The number of aromatic nitrogens is 2. The topological polar surface area (TPSA) is 66.9 Å². The fourth-order valence-electron chi connectivity index (χ4n) is 3.14. The van der Waals surface area contributed by atoms with Gasteiger partial charge in [0.05, 0.1) is 11.4 Å².